The Morgan fingerprint density at radius 2 is 1.61 bits per heavy atom. The Labute approximate surface area is 111 Å². The summed E-state index contributed by atoms with van der Waals surface area (Å²) in [6.07, 6.45) is 10.5. The maximum absolute atomic E-state index is 11.9. The fraction of sp³-hybridized carbons (Fsp3) is 0.933. The summed E-state index contributed by atoms with van der Waals surface area (Å²) >= 11 is 0. The topological polar surface area (TPSA) is 41.1 Å². The number of amides is 1. The van der Waals surface area contributed by atoms with Crippen LogP contribution in [0.1, 0.15) is 65.2 Å². The van der Waals surface area contributed by atoms with Crippen molar-refractivity contribution in [3.05, 3.63) is 0 Å². The largest absolute Gasteiger partial charge is 0.352 e. The van der Waals surface area contributed by atoms with Crippen molar-refractivity contribution >= 4 is 5.91 Å². The van der Waals surface area contributed by atoms with Crippen LogP contribution in [-0.2, 0) is 4.79 Å². The van der Waals surface area contributed by atoms with Gasteiger partial charge in [-0.2, -0.15) is 0 Å². The number of hydrogen-bond donors (Lipinski definition) is 2. The second-order valence-corrected chi connectivity index (χ2v) is 6.21. The van der Waals surface area contributed by atoms with Gasteiger partial charge in [0.15, 0.2) is 0 Å². The zero-order valence-electron chi connectivity index (χ0n) is 11.9. The number of carbonyl (C=O) groups excluding carboxylic acids is 1. The zero-order chi connectivity index (χ0) is 13.0. The summed E-state index contributed by atoms with van der Waals surface area (Å²) in [6.45, 7) is 4.24. The first kappa shape index (κ1) is 13.9. The van der Waals surface area contributed by atoms with Gasteiger partial charge in [-0.15, -0.1) is 0 Å². The standard InChI is InChI=1S/C15H28N2O/c1-11(13-7-5-3-4-6-8-13)16-12(2)15(18)17-14-9-10-14/h11-14,16H,3-10H2,1-2H3,(H,17,18)/t11-,12?/m0/s1. The maximum atomic E-state index is 11.9. The SMILES string of the molecule is CC(N[C@@H](C)C1CCCCCC1)C(=O)NC1CC1. The molecule has 0 heterocycles. The summed E-state index contributed by atoms with van der Waals surface area (Å²) < 4.78 is 0. The van der Waals surface area contributed by atoms with E-state index >= 15 is 0 Å². The molecule has 0 aromatic heterocycles. The molecule has 2 aliphatic carbocycles. The van der Waals surface area contributed by atoms with Crippen molar-refractivity contribution in [3.8, 4) is 0 Å². The monoisotopic (exact) mass is 252 g/mol. The first-order valence-electron chi connectivity index (χ1n) is 7.73. The minimum absolute atomic E-state index is 0.0520. The van der Waals surface area contributed by atoms with Crippen LogP contribution in [0.15, 0.2) is 0 Å². The van der Waals surface area contributed by atoms with E-state index in [1.165, 1.54) is 38.5 Å². The predicted octanol–water partition coefficient (Wildman–Crippen LogP) is 2.60. The van der Waals surface area contributed by atoms with Crippen LogP contribution < -0.4 is 10.6 Å². The van der Waals surface area contributed by atoms with Crippen molar-refractivity contribution in [3.63, 3.8) is 0 Å². The lowest BCUT2D eigenvalue weighted by Crippen LogP contribution is -2.48. The van der Waals surface area contributed by atoms with Gasteiger partial charge in [0.1, 0.15) is 0 Å². The number of nitrogens with one attached hydrogen (secondary N) is 2. The Bertz CT molecular complexity index is 268. The van der Waals surface area contributed by atoms with Crippen LogP contribution in [-0.4, -0.2) is 24.0 Å². The van der Waals surface area contributed by atoms with E-state index in [1.807, 2.05) is 6.92 Å². The molecule has 18 heavy (non-hydrogen) atoms. The zero-order valence-corrected chi connectivity index (χ0v) is 11.9. The first-order valence-corrected chi connectivity index (χ1v) is 7.73. The van der Waals surface area contributed by atoms with Crippen LogP contribution in [0, 0.1) is 5.92 Å². The second-order valence-electron chi connectivity index (χ2n) is 6.21. The Kier molecular flexibility index (Phi) is 5.04. The number of rotatable bonds is 5. The van der Waals surface area contributed by atoms with Gasteiger partial charge in [0.05, 0.1) is 6.04 Å². The van der Waals surface area contributed by atoms with Gasteiger partial charge < -0.3 is 10.6 Å². The van der Waals surface area contributed by atoms with E-state index in [1.54, 1.807) is 0 Å². The molecule has 0 radical (unpaired) electrons. The molecule has 104 valence electrons. The van der Waals surface area contributed by atoms with Gasteiger partial charge in [0, 0.05) is 12.1 Å². The van der Waals surface area contributed by atoms with Crippen LogP contribution in [0.25, 0.3) is 0 Å². The minimum atomic E-state index is -0.0520. The van der Waals surface area contributed by atoms with Crippen molar-refractivity contribution in [1.82, 2.24) is 10.6 Å². The van der Waals surface area contributed by atoms with E-state index in [0.29, 0.717) is 12.1 Å². The maximum Gasteiger partial charge on any atom is 0.237 e. The molecule has 0 saturated heterocycles. The predicted molar refractivity (Wildman–Crippen MR) is 74.4 cm³/mol. The lowest BCUT2D eigenvalue weighted by Gasteiger charge is -2.26. The van der Waals surface area contributed by atoms with E-state index < -0.39 is 0 Å². The molecular formula is C15H28N2O. The summed E-state index contributed by atoms with van der Waals surface area (Å²) in [5.74, 6) is 0.932. The fourth-order valence-electron chi connectivity index (χ4n) is 2.97. The van der Waals surface area contributed by atoms with Crippen molar-refractivity contribution < 1.29 is 4.79 Å². The van der Waals surface area contributed by atoms with E-state index in [9.17, 15) is 4.79 Å². The van der Waals surface area contributed by atoms with Crippen LogP contribution in [0.5, 0.6) is 0 Å². The van der Waals surface area contributed by atoms with Crippen molar-refractivity contribution in [2.75, 3.05) is 0 Å². The molecule has 2 saturated carbocycles. The third-order valence-corrected chi connectivity index (χ3v) is 4.44. The van der Waals surface area contributed by atoms with Crippen LogP contribution in [0.2, 0.25) is 0 Å². The number of hydrogen-bond acceptors (Lipinski definition) is 2. The summed E-state index contributed by atoms with van der Waals surface area (Å²) in [7, 11) is 0. The molecule has 0 bridgehead atoms. The smallest absolute Gasteiger partial charge is 0.237 e. The minimum Gasteiger partial charge on any atom is -0.352 e. The summed E-state index contributed by atoms with van der Waals surface area (Å²) in [5.41, 5.74) is 0. The number of carbonyl (C=O) groups is 1. The summed E-state index contributed by atoms with van der Waals surface area (Å²) in [4.78, 5) is 11.9. The highest BCUT2D eigenvalue weighted by Gasteiger charge is 2.27. The molecule has 2 fully saturated rings. The molecule has 2 aliphatic rings. The molecule has 2 N–H and O–H groups in total. The van der Waals surface area contributed by atoms with Crippen LogP contribution in [0.4, 0.5) is 0 Å². The Balaban J connectivity index is 1.73. The van der Waals surface area contributed by atoms with Crippen LogP contribution in [0.3, 0.4) is 0 Å². The third kappa shape index (κ3) is 4.27. The average molecular weight is 252 g/mol. The lowest BCUT2D eigenvalue weighted by atomic mass is 9.92. The molecule has 1 unspecified atom stereocenters. The highest BCUT2D eigenvalue weighted by molar-refractivity contribution is 5.81. The highest BCUT2D eigenvalue weighted by Crippen LogP contribution is 2.25. The van der Waals surface area contributed by atoms with Gasteiger partial charge in [-0.3, -0.25) is 4.79 Å². The van der Waals surface area contributed by atoms with E-state index in [-0.39, 0.29) is 11.9 Å². The average Bonchev–Trinajstić information content (AvgIpc) is 3.14. The summed E-state index contributed by atoms with van der Waals surface area (Å²) in [6, 6.07) is 0.877. The molecule has 0 aromatic carbocycles. The van der Waals surface area contributed by atoms with Crippen LogP contribution >= 0.6 is 0 Å². The van der Waals surface area contributed by atoms with Crippen molar-refractivity contribution in [2.45, 2.75) is 83.3 Å². The molecule has 2 atom stereocenters. The molecule has 3 heteroatoms. The summed E-state index contributed by atoms with van der Waals surface area (Å²) in [5, 5.41) is 6.57. The van der Waals surface area contributed by atoms with Gasteiger partial charge in [-0.1, -0.05) is 25.7 Å². The molecule has 0 aliphatic heterocycles. The van der Waals surface area contributed by atoms with E-state index in [4.69, 9.17) is 0 Å². The fourth-order valence-corrected chi connectivity index (χ4v) is 2.97. The molecule has 2 rings (SSSR count). The molecule has 0 aromatic rings. The lowest BCUT2D eigenvalue weighted by molar-refractivity contribution is -0.123. The quantitative estimate of drug-likeness (QED) is 0.738. The van der Waals surface area contributed by atoms with Gasteiger partial charge in [0.2, 0.25) is 5.91 Å². The Hall–Kier alpha value is -0.570. The molecule has 0 spiro atoms. The Morgan fingerprint density at radius 3 is 2.17 bits per heavy atom. The van der Waals surface area contributed by atoms with Gasteiger partial charge >= 0.3 is 0 Å². The van der Waals surface area contributed by atoms with Crippen molar-refractivity contribution in [2.24, 2.45) is 5.92 Å². The second kappa shape index (κ2) is 6.55. The molecular weight excluding hydrogens is 224 g/mol. The van der Waals surface area contributed by atoms with E-state index in [0.717, 1.165) is 18.8 Å². The molecule has 1 amide bonds. The van der Waals surface area contributed by atoms with E-state index in [2.05, 4.69) is 17.6 Å². The molecule has 3 nitrogen and oxygen atoms in total. The normalized spacial score (nSPS) is 25.2. The van der Waals surface area contributed by atoms with Gasteiger partial charge in [-0.25, -0.2) is 0 Å². The van der Waals surface area contributed by atoms with Gasteiger partial charge in [-0.05, 0) is 45.4 Å². The Morgan fingerprint density at radius 1 is 1.00 bits per heavy atom. The first-order chi connectivity index (χ1) is 8.66. The highest BCUT2D eigenvalue weighted by atomic mass is 16.2. The third-order valence-electron chi connectivity index (χ3n) is 4.44. The van der Waals surface area contributed by atoms with Gasteiger partial charge in [0.25, 0.3) is 0 Å². The van der Waals surface area contributed by atoms with Crippen molar-refractivity contribution in [1.29, 1.82) is 0 Å².